The maximum atomic E-state index is 12.7. The molecule has 0 radical (unpaired) electrons. The average molecular weight is 335 g/mol. The Labute approximate surface area is 146 Å². The second kappa shape index (κ2) is 6.62. The first-order chi connectivity index (χ1) is 11.4. The minimum Gasteiger partial charge on any atom is -0.468 e. The molecule has 3 rings (SSSR count). The highest BCUT2D eigenvalue weighted by atomic mass is 16.5. The van der Waals surface area contributed by atoms with E-state index in [1.54, 1.807) is 0 Å². The summed E-state index contributed by atoms with van der Waals surface area (Å²) in [5, 5.41) is 0. The van der Waals surface area contributed by atoms with E-state index in [1.807, 2.05) is 20.8 Å². The Balaban J connectivity index is 0.00000100. The summed E-state index contributed by atoms with van der Waals surface area (Å²) in [6.07, 6.45) is 6.23. The standard InChI is InChI=1S/C18H27NO3.C2H6/c1-4-12-7-9-17(15(21)22-3)11-10-16(2)13(20)6-5-8-18(16,19)14(12)17;1-2/h4-11,19H2,1-3H3;1-2H3/t16-,17?,18?;/m0./s1. The zero-order chi connectivity index (χ0) is 18.2. The molecule has 2 N–H and O–H groups in total. The van der Waals surface area contributed by atoms with Crippen molar-refractivity contribution in [3.63, 3.8) is 0 Å². The number of rotatable bonds is 2. The topological polar surface area (TPSA) is 69.4 Å². The molecule has 0 saturated heterocycles. The summed E-state index contributed by atoms with van der Waals surface area (Å²) in [7, 11) is 1.46. The van der Waals surface area contributed by atoms with Gasteiger partial charge in [-0.15, -0.1) is 0 Å². The smallest absolute Gasteiger partial charge is 0.316 e. The predicted molar refractivity (Wildman–Crippen MR) is 95.5 cm³/mol. The van der Waals surface area contributed by atoms with Crippen LogP contribution in [0.1, 0.15) is 79.1 Å². The van der Waals surface area contributed by atoms with Crippen molar-refractivity contribution in [2.75, 3.05) is 7.11 Å². The number of allylic oxidation sites excluding steroid dienone is 1. The van der Waals surface area contributed by atoms with Crippen LogP contribution in [0.3, 0.4) is 0 Å². The van der Waals surface area contributed by atoms with Crippen molar-refractivity contribution in [1.82, 2.24) is 0 Å². The molecule has 3 aliphatic carbocycles. The first-order valence-electron chi connectivity index (χ1n) is 9.49. The van der Waals surface area contributed by atoms with E-state index >= 15 is 0 Å². The Morgan fingerprint density at radius 3 is 2.42 bits per heavy atom. The molecule has 4 heteroatoms. The number of methoxy groups -OCH3 is 1. The second-order valence-electron chi connectivity index (χ2n) is 7.49. The van der Waals surface area contributed by atoms with Crippen LogP contribution in [0.15, 0.2) is 11.1 Å². The molecule has 136 valence electrons. The average Bonchev–Trinajstić information content (AvgIpc) is 3.00. The number of fused-ring (bicyclic) bond motifs is 3. The lowest BCUT2D eigenvalue weighted by atomic mass is 9.47. The van der Waals surface area contributed by atoms with Crippen molar-refractivity contribution in [3.05, 3.63) is 11.1 Å². The van der Waals surface area contributed by atoms with Crippen molar-refractivity contribution in [3.8, 4) is 0 Å². The van der Waals surface area contributed by atoms with Gasteiger partial charge in [-0.2, -0.15) is 0 Å². The third-order valence-corrected chi connectivity index (χ3v) is 6.76. The highest BCUT2D eigenvalue weighted by Crippen LogP contribution is 2.64. The van der Waals surface area contributed by atoms with E-state index < -0.39 is 16.4 Å². The summed E-state index contributed by atoms with van der Waals surface area (Å²) in [6.45, 7) is 8.14. The highest BCUT2D eigenvalue weighted by Gasteiger charge is 2.66. The molecule has 2 unspecified atom stereocenters. The van der Waals surface area contributed by atoms with Gasteiger partial charge in [0.25, 0.3) is 0 Å². The number of Topliss-reactive ketones (excluding diaryl/α,β-unsaturated/α-hetero) is 1. The fourth-order valence-electron chi connectivity index (χ4n) is 5.36. The Morgan fingerprint density at radius 1 is 1.17 bits per heavy atom. The number of carbonyl (C=O) groups excluding carboxylic acids is 2. The van der Waals surface area contributed by atoms with Gasteiger partial charge in [0.2, 0.25) is 0 Å². The molecule has 0 spiro atoms. The number of nitrogens with two attached hydrogens (primary N) is 1. The summed E-state index contributed by atoms with van der Waals surface area (Å²) in [4.78, 5) is 25.3. The van der Waals surface area contributed by atoms with Gasteiger partial charge in [-0.25, -0.2) is 0 Å². The molecule has 24 heavy (non-hydrogen) atoms. The van der Waals surface area contributed by atoms with Crippen molar-refractivity contribution >= 4 is 11.8 Å². The van der Waals surface area contributed by atoms with E-state index in [0.29, 0.717) is 19.3 Å². The third kappa shape index (κ3) is 2.29. The molecule has 0 amide bonds. The van der Waals surface area contributed by atoms with E-state index in [4.69, 9.17) is 10.5 Å². The molecule has 2 fully saturated rings. The fourth-order valence-corrected chi connectivity index (χ4v) is 5.36. The third-order valence-electron chi connectivity index (χ3n) is 6.76. The van der Waals surface area contributed by atoms with Crippen molar-refractivity contribution in [2.24, 2.45) is 16.6 Å². The van der Waals surface area contributed by atoms with E-state index in [-0.39, 0.29) is 11.8 Å². The molecular weight excluding hydrogens is 302 g/mol. The summed E-state index contributed by atoms with van der Waals surface area (Å²) < 4.78 is 5.16. The normalized spacial score (nSPS) is 38.0. The molecule has 0 aromatic carbocycles. The number of esters is 1. The quantitative estimate of drug-likeness (QED) is 0.613. The number of hydrogen-bond donors (Lipinski definition) is 1. The lowest BCUT2D eigenvalue weighted by Gasteiger charge is -2.57. The maximum Gasteiger partial charge on any atom is 0.316 e. The van der Waals surface area contributed by atoms with Gasteiger partial charge in [0.15, 0.2) is 0 Å². The molecule has 0 bridgehead atoms. The van der Waals surface area contributed by atoms with Gasteiger partial charge >= 0.3 is 5.97 Å². The molecule has 3 atom stereocenters. The van der Waals surface area contributed by atoms with Crippen LogP contribution >= 0.6 is 0 Å². The first-order valence-corrected chi connectivity index (χ1v) is 9.49. The monoisotopic (exact) mass is 335 g/mol. The van der Waals surface area contributed by atoms with Gasteiger partial charge in [0, 0.05) is 11.8 Å². The summed E-state index contributed by atoms with van der Waals surface area (Å²) >= 11 is 0. The Morgan fingerprint density at radius 2 is 1.83 bits per heavy atom. The molecule has 2 saturated carbocycles. The minimum absolute atomic E-state index is 0.157. The minimum atomic E-state index is -0.670. The van der Waals surface area contributed by atoms with E-state index in [9.17, 15) is 9.59 Å². The summed E-state index contributed by atoms with van der Waals surface area (Å²) in [5.74, 6) is 0.116. The van der Waals surface area contributed by atoms with Gasteiger partial charge in [-0.3, -0.25) is 9.59 Å². The lowest BCUT2D eigenvalue weighted by Crippen LogP contribution is -2.67. The summed E-state index contributed by atoms with van der Waals surface area (Å²) in [6, 6.07) is 0. The van der Waals surface area contributed by atoms with Gasteiger partial charge in [0.1, 0.15) is 5.78 Å². The van der Waals surface area contributed by atoms with Gasteiger partial charge in [-0.1, -0.05) is 33.3 Å². The van der Waals surface area contributed by atoms with Crippen molar-refractivity contribution < 1.29 is 14.3 Å². The zero-order valence-electron chi connectivity index (χ0n) is 16.0. The molecule has 0 aromatic rings. The van der Waals surface area contributed by atoms with Crippen LogP contribution in [0, 0.1) is 10.8 Å². The van der Waals surface area contributed by atoms with Crippen LogP contribution in [0.25, 0.3) is 0 Å². The molecule has 3 aliphatic rings. The lowest BCUT2D eigenvalue weighted by molar-refractivity contribution is -0.157. The van der Waals surface area contributed by atoms with Crippen molar-refractivity contribution in [2.45, 2.75) is 84.6 Å². The fraction of sp³-hybridized carbons (Fsp3) is 0.800. The molecule has 0 heterocycles. The predicted octanol–water partition coefficient (Wildman–Crippen LogP) is 3.92. The number of hydrogen-bond acceptors (Lipinski definition) is 4. The molecule has 4 nitrogen and oxygen atoms in total. The Kier molecular flexibility index (Phi) is 5.29. The van der Waals surface area contributed by atoms with Crippen LogP contribution in [0.2, 0.25) is 0 Å². The van der Waals surface area contributed by atoms with Gasteiger partial charge < -0.3 is 10.5 Å². The van der Waals surface area contributed by atoms with Crippen LogP contribution in [-0.2, 0) is 14.3 Å². The summed E-state index contributed by atoms with van der Waals surface area (Å²) in [5.41, 5.74) is 7.51. The van der Waals surface area contributed by atoms with Crippen LogP contribution in [0.5, 0.6) is 0 Å². The second-order valence-corrected chi connectivity index (χ2v) is 7.49. The number of ketones is 1. The molecule has 0 aromatic heterocycles. The zero-order valence-corrected chi connectivity index (χ0v) is 16.0. The SMILES string of the molecule is CC.CCC1=C2C(C(=O)OC)(CC1)CC[C@@]1(C)C(=O)CCCC21N. The van der Waals surface area contributed by atoms with Gasteiger partial charge in [0.05, 0.1) is 18.1 Å². The van der Waals surface area contributed by atoms with E-state index in [1.165, 1.54) is 12.7 Å². The van der Waals surface area contributed by atoms with Gasteiger partial charge in [-0.05, 0) is 50.5 Å². The molecular formula is C20H33NO3. The van der Waals surface area contributed by atoms with Crippen LogP contribution in [0.4, 0.5) is 0 Å². The largest absolute Gasteiger partial charge is 0.468 e. The Bertz CT molecular complexity index is 567. The van der Waals surface area contributed by atoms with Crippen LogP contribution < -0.4 is 5.73 Å². The van der Waals surface area contributed by atoms with E-state index in [2.05, 4.69) is 6.92 Å². The Hall–Kier alpha value is -1.16. The number of carbonyl (C=O) groups is 2. The molecule has 0 aliphatic heterocycles. The maximum absolute atomic E-state index is 12.7. The van der Waals surface area contributed by atoms with E-state index in [0.717, 1.165) is 37.7 Å². The van der Waals surface area contributed by atoms with Crippen LogP contribution in [-0.4, -0.2) is 24.4 Å². The first kappa shape index (κ1) is 19.2. The van der Waals surface area contributed by atoms with Crippen molar-refractivity contribution in [1.29, 1.82) is 0 Å². The number of ether oxygens (including phenoxy) is 1. The highest BCUT2D eigenvalue weighted by molar-refractivity contribution is 5.91.